The Morgan fingerprint density at radius 3 is 2.70 bits per heavy atom. The summed E-state index contributed by atoms with van der Waals surface area (Å²) in [7, 11) is 0. The molecule has 0 aliphatic carbocycles. The summed E-state index contributed by atoms with van der Waals surface area (Å²) in [5.41, 5.74) is 9.29. The molecule has 0 saturated heterocycles. The van der Waals surface area contributed by atoms with Crippen molar-refractivity contribution in [1.29, 1.82) is 0 Å². The van der Waals surface area contributed by atoms with Gasteiger partial charge >= 0.3 is 0 Å². The molecule has 0 bridgehead atoms. The van der Waals surface area contributed by atoms with Crippen LogP contribution in [0.4, 0.5) is 5.95 Å². The van der Waals surface area contributed by atoms with Gasteiger partial charge in [-0.25, -0.2) is 4.98 Å². The molecule has 3 amide bonds. The van der Waals surface area contributed by atoms with Gasteiger partial charge in [0.25, 0.3) is 5.91 Å². The third-order valence-corrected chi connectivity index (χ3v) is 7.01. The van der Waals surface area contributed by atoms with Crippen molar-refractivity contribution in [2.24, 2.45) is 5.73 Å². The lowest BCUT2D eigenvalue weighted by Crippen LogP contribution is -2.28. The van der Waals surface area contributed by atoms with E-state index in [9.17, 15) is 14.4 Å². The number of primary amides is 1. The zero-order valence-corrected chi connectivity index (χ0v) is 22.6. The Bertz CT molecular complexity index is 1560. The summed E-state index contributed by atoms with van der Waals surface area (Å²) in [5, 5.41) is 10.3. The molecule has 208 valence electrons. The first-order valence-corrected chi connectivity index (χ1v) is 13.5. The molecular weight excluding hydrogens is 510 g/mol. The summed E-state index contributed by atoms with van der Waals surface area (Å²) >= 11 is 0. The van der Waals surface area contributed by atoms with E-state index in [-0.39, 0.29) is 23.4 Å². The molecule has 11 nitrogen and oxygen atoms in total. The second-order valence-corrected chi connectivity index (χ2v) is 9.90. The van der Waals surface area contributed by atoms with Crippen molar-refractivity contribution in [3.05, 3.63) is 71.0 Å². The van der Waals surface area contributed by atoms with E-state index in [1.807, 2.05) is 48.7 Å². The van der Waals surface area contributed by atoms with E-state index in [1.54, 1.807) is 22.9 Å². The normalized spacial score (nSPS) is 14.1. The number of nitrogens with one attached hydrogen (secondary N) is 2. The smallest absolute Gasteiger partial charge is 0.276 e. The van der Waals surface area contributed by atoms with Gasteiger partial charge in [0.05, 0.1) is 17.3 Å². The molecule has 1 atom stereocenters. The topological polar surface area (TPSA) is 146 Å². The maximum atomic E-state index is 13.3. The van der Waals surface area contributed by atoms with Crippen molar-refractivity contribution in [1.82, 2.24) is 24.6 Å². The average Bonchev–Trinajstić information content (AvgIpc) is 3.52. The van der Waals surface area contributed by atoms with Gasteiger partial charge in [-0.15, -0.1) is 0 Å². The Hall–Kier alpha value is -4.67. The van der Waals surface area contributed by atoms with Crippen LogP contribution in [0.2, 0.25) is 0 Å². The highest BCUT2D eigenvalue weighted by molar-refractivity contribution is 6.04. The lowest BCUT2D eigenvalue weighted by Gasteiger charge is -2.27. The number of benzene rings is 2. The molecule has 4 aromatic rings. The van der Waals surface area contributed by atoms with Crippen LogP contribution in [0.1, 0.15) is 64.3 Å². The van der Waals surface area contributed by atoms with Crippen molar-refractivity contribution in [2.75, 3.05) is 18.5 Å². The van der Waals surface area contributed by atoms with E-state index in [0.717, 1.165) is 11.3 Å². The van der Waals surface area contributed by atoms with Gasteiger partial charge in [0.2, 0.25) is 17.8 Å². The highest BCUT2D eigenvalue weighted by Gasteiger charge is 2.29. The summed E-state index contributed by atoms with van der Waals surface area (Å²) in [6.07, 6.45) is 2.50. The molecular formula is C29H33N7O4. The van der Waals surface area contributed by atoms with Crippen LogP contribution >= 0.6 is 0 Å². The van der Waals surface area contributed by atoms with Crippen LogP contribution < -0.4 is 21.1 Å². The van der Waals surface area contributed by atoms with Gasteiger partial charge in [0.15, 0.2) is 0 Å². The Balaban J connectivity index is 1.32. The number of nitrogens with two attached hydrogens (primary N) is 1. The van der Waals surface area contributed by atoms with Crippen molar-refractivity contribution in [3.8, 4) is 5.75 Å². The molecule has 11 heteroatoms. The van der Waals surface area contributed by atoms with Crippen LogP contribution in [0, 0.1) is 6.92 Å². The van der Waals surface area contributed by atoms with E-state index in [2.05, 4.69) is 20.7 Å². The van der Waals surface area contributed by atoms with E-state index >= 15 is 0 Å². The van der Waals surface area contributed by atoms with Crippen LogP contribution in [0.5, 0.6) is 5.75 Å². The highest BCUT2D eigenvalue weighted by Crippen LogP contribution is 2.38. The molecule has 3 heterocycles. The maximum absolute atomic E-state index is 13.3. The molecule has 0 radical (unpaired) electrons. The van der Waals surface area contributed by atoms with Crippen LogP contribution in [-0.2, 0) is 17.8 Å². The van der Waals surface area contributed by atoms with Crippen LogP contribution in [0.15, 0.2) is 48.5 Å². The third-order valence-electron chi connectivity index (χ3n) is 7.01. The molecule has 1 aliphatic rings. The second kappa shape index (κ2) is 11.6. The Morgan fingerprint density at radius 1 is 1.15 bits per heavy atom. The minimum absolute atomic E-state index is 0.00822. The number of nitrogens with zero attached hydrogens (tertiary/aromatic N) is 4. The molecule has 40 heavy (non-hydrogen) atoms. The largest absolute Gasteiger partial charge is 0.489 e. The molecule has 1 aliphatic heterocycles. The van der Waals surface area contributed by atoms with Crippen molar-refractivity contribution in [3.63, 3.8) is 0 Å². The number of carbonyl (C=O) groups is 3. The van der Waals surface area contributed by atoms with E-state index < -0.39 is 5.91 Å². The number of amides is 3. The van der Waals surface area contributed by atoms with Gasteiger partial charge in [0, 0.05) is 25.1 Å². The fourth-order valence-electron chi connectivity index (χ4n) is 5.05. The summed E-state index contributed by atoms with van der Waals surface area (Å²) in [4.78, 5) is 42.2. The Labute approximate surface area is 231 Å². The van der Waals surface area contributed by atoms with Gasteiger partial charge < -0.3 is 20.4 Å². The summed E-state index contributed by atoms with van der Waals surface area (Å²) in [6, 6.07) is 14.7. The summed E-state index contributed by atoms with van der Waals surface area (Å²) in [5.74, 6) is -0.0754. The highest BCUT2D eigenvalue weighted by atomic mass is 16.5. The SMILES string of the molecule is CCn1nc(C)cc1C(=O)Nc1nc2cc(C(N)=O)cc3c2n1[C@@H](CCCNC(=O)CCc1ccccc1)CO3. The molecule has 0 unspecified atom stereocenters. The van der Waals surface area contributed by atoms with E-state index in [1.165, 1.54) is 0 Å². The summed E-state index contributed by atoms with van der Waals surface area (Å²) < 4.78 is 9.62. The van der Waals surface area contributed by atoms with Gasteiger partial charge in [-0.3, -0.25) is 24.4 Å². The predicted molar refractivity (Wildman–Crippen MR) is 150 cm³/mol. The molecule has 4 N–H and O–H groups in total. The Kier molecular flexibility index (Phi) is 7.81. The molecule has 0 fully saturated rings. The van der Waals surface area contributed by atoms with Gasteiger partial charge in [-0.2, -0.15) is 5.10 Å². The first kappa shape index (κ1) is 26.9. The van der Waals surface area contributed by atoms with Gasteiger partial charge in [-0.1, -0.05) is 30.3 Å². The summed E-state index contributed by atoms with van der Waals surface area (Å²) in [6.45, 7) is 5.14. The number of ether oxygens (including phenoxy) is 1. The second-order valence-electron chi connectivity index (χ2n) is 9.90. The quantitative estimate of drug-likeness (QED) is 0.247. The average molecular weight is 544 g/mol. The first-order chi connectivity index (χ1) is 19.3. The lowest BCUT2D eigenvalue weighted by atomic mass is 10.1. The number of anilines is 1. The first-order valence-electron chi connectivity index (χ1n) is 13.5. The van der Waals surface area contributed by atoms with E-state index in [0.29, 0.717) is 73.8 Å². The van der Waals surface area contributed by atoms with Crippen molar-refractivity contribution >= 4 is 34.7 Å². The number of imidazole rings is 1. The van der Waals surface area contributed by atoms with Gasteiger partial charge in [0.1, 0.15) is 23.6 Å². The zero-order chi connectivity index (χ0) is 28.2. The monoisotopic (exact) mass is 543 g/mol. The molecule has 2 aromatic carbocycles. The molecule has 5 rings (SSSR count). The maximum Gasteiger partial charge on any atom is 0.276 e. The number of hydrogen-bond donors (Lipinski definition) is 3. The fourth-order valence-corrected chi connectivity index (χ4v) is 5.05. The minimum atomic E-state index is -0.589. The van der Waals surface area contributed by atoms with E-state index in [4.69, 9.17) is 10.5 Å². The predicted octanol–water partition coefficient (Wildman–Crippen LogP) is 3.38. The molecule has 2 aromatic heterocycles. The van der Waals surface area contributed by atoms with Crippen LogP contribution in [0.3, 0.4) is 0 Å². The number of carbonyl (C=O) groups excluding carboxylic acids is 3. The number of rotatable bonds is 11. The van der Waals surface area contributed by atoms with Gasteiger partial charge in [-0.05, 0) is 56.9 Å². The third kappa shape index (κ3) is 5.68. The lowest BCUT2D eigenvalue weighted by molar-refractivity contribution is -0.121. The van der Waals surface area contributed by atoms with Crippen molar-refractivity contribution < 1.29 is 19.1 Å². The Morgan fingerprint density at radius 2 is 1.95 bits per heavy atom. The minimum Gasteiger partial charge on any atom is -0.489 e. The fraction of sp³-hybridized carbons (Fsp3) is 0.345. The van der Waals surface area contributed by atoms with Crippen LogP contribution in [0.25, 0.3) is 11.0 Å². The molecule has 0 saturated carbocycles. The number of hydrogen-bond acceptors (Lipinski definition) is 6. The molecule has 0 spiro atoms. The van der Waals surface area contributed by atoms with Crippen LogP contribution in [-0.4, -0.2) is 50.2 Å². The zero-order valence-electron chi connectivity index (χ0n) is 22.6. The number of aromatic nitrogens is 4. The van der Waals surface area contributed by atoms with Crippen molar-refractivity contribution in [2.45, 2.75) is 52.1 Å². The number of aryl methyl sites for hydroxylation is 3. The standard InChI is InChI=1S/C29H33N7O4/c1-3-35-23(14-18(2)34-35)28(39)33-29-32-22-15-20(27(30)38)16-24-26(22)36(29)21(17-40-24)10-7-13-31-25(37)12-11-19-8-5-4-6-9-19/h4-6,8-9,14-16,21H,3,7,10-13,17H2,1-2H3,(H2,30,38)(H,31,37)(H,32,33,39)/t21-/m0/s1.